The van der Waals surface area contributed by atoms with Crippen molar-refractivity contribution >= 4 is 16.8 Å². The van der Waals surface area contributed by atoms with Crippen LogP contribution in [0.2, 0.25) is 0 Å². The number of nitrogens with one attached hydrogen (secondary N) is 1. The van der Waals surface area contributed by atoms with Crippen LogP contribution in [0.4, 0.5) is 0 Å². The van der Waals surface area contributed by atoms with Crippen LogP contribution in [-0.4, -0.2) is 30.6 Å². The quantitative estimate of drug-likeness (QED) is 0.626. The molecule has 30 heavy (non-hydrogen) atoms. The molecule has 1 heterocycles. The van der Waals surface area contributed by atoms with Gasteiger partial charge in [0.1, 0.15) is 18.1 Å². The number of benzene rings is 2. The van der Waals surface area contributed by atoms with Gasteiger partial charge in [-0.2, -0.15) is 0 Å². The number of hydrogen-bond donors (Lipinski definition) is 2. The van der Waals surface area contributed by atoms with Gasteiger partial charge in [-0.1, -0.05) is 12.1 Å². The smallest absolute Gasteiger partial charge is 0.252 e. The van der Waals surface area contributed by atoms with Gasteiger partial charge < -0.3 is 20.5 Å². The number of carbonyl (C=O) groups is 1. The zero-order chi connectivity index (χ0) is 21.3. The minimum atomic E-state index is -0.415. The van der Waals surface area contributed by atoms with Crippen LogP contribution in [0.15, 0.2) is 48.7 Å². The lowest BCUT2D eigenvalue weighted by molar-refractivity contribution is 0.0930. The van der Waals surface area contributed by atoms with Crippen LogP contribution in [0.3, 0.4) is 0 Å². The van der Waals surface area contributed by atoms with E-state index in [1.165, 1.54) is 0 Å². The van der Waals surface area contributed by atoms with Crippen molar-refractivity contribution in [2.45, 2.75) is 38.3 Å². The van der Waals surface area contributed by atoms with E-state index in [4.69, 9.17) is 15.2 Å². The lowest BCUT2D eigenvalue weighted by Gasteiger charge is -2.21. The summed E-state index contributed by atoms with van der Waals surface area (Å²) >= 11 is 0. The average Bonchev–Trinajstić information content (AvgIpc) is 3.52. The average molecular weight is 405 g/mol. The molecule has 0 bridgehead atoms. The molecule has 1 aliphatic carbocycles. The molecular weight excluding hydrogens is 378 g/mol. The van der Waals surface area contributed by atoms with E-state index in [2.05, 4.69) is 10.3 Å². The number of aryl methyl sites for hydroxylation is 1. The Hall–Kier alpha value is -3.12. The normalized spacial score (nSPS) is 15.5. The van der Waals surface area contributed by atoms with E-state index in [-0.39, 0.29) is 11.9 Å². The van der Waals surface area contributed by atoms with E-state index in [0.717, 1.165) is 40.6 Å². The summed E-state index contributed by atoms with van der Waals surface area (Å²) in [6.07, 6.45) is 3.51. The molecule has 6 heteroatoms. The van der Waals surface area contributed by atoms with Gasteiger partial charge in [-0.15, -0.1) is 0 Å². The molecule has 4 rings (SSSR count). The van der Waals surface area contributed by atoms with Crippen molar-refractivity contribution in [2.75, 3.05) is 13.7 Å². The van der Waals surface area contributed by atoms with E-state index in [1.54, 1.807) is 19.4 Å². The van der Waals surface area contributed by atoms with Gasteiger partial charge in [-0.05, 0) is 62.1 Å². The van der Waals surface area contributed by atoms with Gasteiger partial charge in [0, 0.05) is 29.3 Å². The fourth-order valence-electron chi connectivity index (χ4n) is 3.71. The molecule has 0 unspecified atom stereocenters. The van der Waals surface area contributed by atoms with Crippen molar-refractivity contribution in [2.24, 2.45) is 5.73 Å². The molecule has 1 aromatic heterocycles. The van der Waals surface area contributed by atoms with Crippen LogP contribution in [0.25, 0.3) is 10.9 Å². The summed E-state index contributed by atoms with van der Waals surface area (Å²) < 4.78 is 11.2. The van der Waals surface area contributed by atoms with Crippen molar-refractivity contribution in [3.63, 3.8) is 0 Å². The summed E-state index contributed by atoms with van der Waals surface area (Å²) in [5.74, 6) is 1.26. The van der Waals surface area contributed by atoms with Gasteiger partial charge in [0.25, 0.3) is 5.91 Å². The molecule has 3 N–H and O–H groups in total. The molecule has 6 nitrogen and oxygen atoms in total. The first-order chi connectivity index (χ1) is 14.4. The maximum atomic E-state index is 13.2. The highest BCUT2D eigenvalue weighted by Crippen LogP contribution is 2.49. The molecule has 0 aliphatic heterocycles. The zero-order valence-electron chi connectivity index (χ0n) is 17.6. The summed E-state index contributed by atoms with van der Waals surface area (Å²) in [6.45, 7) is 4.21. The van der Waals surface area contributed by atoms with Crippen LogP contribution < -0.4 is 20.5 Å². The fourth-order valence-corrected chi connectivity index (χ4v) is 3.71. The number of ether oxygens (including phenoxy) is 2. The summed E-state index contributed by atoms with van der Waals surface area (Å²) in [5, 5.41) is 4.30. The molecule has 3 aromatic rings. The number of hydrogen-bond acceptors (Lipinski definition) is 5. The maximum Gasteiger partial charge on any atom is 0.252 e. The van der Waals surface area contributed by atoms with Crippen molar-refractivity contribution in [1.29, 1.82) is 0 Å². The third-order valence-corrected chi connectivity index (χ3v) is 5.51. The minimum absolute atomic E-state index is 0.0757. The number of fused-ring (bicyclic) bond motifs is 1. The second-order valence-electron chi connectivity index (χ2n) is 8.05. The van der Waals surface area contributed by atoms with Crippen LogP contribution in [0.1, 0.15) is 41.3 Å². The number of pyridine rings is 1. The Morgan fingerprint density at radius 3 is 2.73 bits per heavy atom. The van der Waals surface area contributed by atoms with Gasteiger partial charge in [0.05, 0.1) is 18.2 Å². The number of methoxy groups -OCH3 is 1. The highest BCUT2D eigenvalue weighted by molar-refractivity contribution is 5.97. The number of amides is 1. The number of nitrogens with zero attached hydrogens (tertiary/aromatic N) is 1. The third-order valence-electron chi connectivity index (χ3n) is 5.51. The standard InChI is InChI=1S/C24H27N3O3/c1-15-6-7-17(30-14-16(2)25)11-20(15)23(28)27-24(8-9-24)21-12-18(29-3)13-22-19(21)5-4-10-26-22/h4-7,10-13,16H,8-9,14,25H2,1-3H3,(H,27,28)/t16-/m1/s1. The fraction of sp³-hybridized carbons (Fsp3) is 0.333. The summed E-state index contributed by atoms with van der Waals surface area (Å²) in [4.78, 5) is 17.7. The van der Waals surface area contributed by atoms with E-state index < -0.39 is 5.54 Å². The Morgan fingerprint density at radius 2 is 2.03 bits per heavy atom. The first-order valence-corrected chi connectivity index (χ1v) is 10.2. The van der Waals surface area contributed by atoms with Gasteiger partial charge >= 0.3 is 0 Å². The molecule has 1 aliphatic rings. The second kappa shape index (κ2) is 7.95. The third kappa shape index (κ3) is 3.96. The first-order valence-electron chi connectivity index (χ1n) is 10.2. The Bertz CT molecular complexity index is 1090. The first kappa shape index (κ1) is 20.2. The second-order valence-corrected chi connectivity index (χ2v) is 8.05. The van der Waals surface area contributed by atoms with E-state index >= 15 is 0 Å². The van der Waals surface area contributed by atoms with Gasteiger partial charge in [-0.25, -0.2) is 0 Å². The Balaban J connectivity index is 1.65. The predicted octanol–water partition coefficient (Wildman–Crippen LogP) is 3.70. The minimum Gasteiger partial charge on any atom is -0.497 e. The van der Waals surface area contributed by atoms with Crippen LogP contribution in [0, 0.1) is 6.92 Å². The van der Waals surface area contributed by atoms with Crippen LogP contribution in [0.5, 0.6) is 11.5 Å². The molecule has 1 saturated carbocycles. The topological polar surface area (TPSA) is 86.5 Å². The Labute approximate surface area is 176 Å². The molecule has 1 amide bonds. The summed E-state index contributed by atoms with van der Waals surface area (Å²) in [6, 6.07) is 13.4. The molecule has 2 aromatic carbocycles. The van der Waals surface area contributed by atoms with E-state index in [1.807, 2.05) is 50.2 Å². The zero-order valence-corrected chi connectivity index (χ0v) is 17.6. The Morgan fingerprint density at radius 1 is 1.23 bits per heavy atom. The summed E-state index contributed by atoms with van der Waals surface area (Å²) in [7, 11) is 1.64. The monoisotopic (exact) mass is 405 g/mol. The molecular formula is C24H27N3O3. The molecule has 0 saturated heterocycles. The lowest BCUT2D eigenvalue weighted by Crippen LogP contribution is -2.35. The van der Waals surface area contributed by atoms with Crippen molar-refractivity contribution in [3.8, 4) is 11.5 Å². The van der Waals surface area contributed by atoms with Crippen molar-refractivity contribution < 1.29 is 14.3 Å². The van der Waals surface area contributed by atoms with Gasteiger partial charge in [-0.3, -0.25) is 9.78 Å². The molecule has 156 valence electrons. The van der Waals surface area contributed by atoms with Crippen molar-refractivity contribution in [3.05, 3.63) is 65.4 Å². The number of rotatable bonds is 7. The van der Waals surface area contributed by atoms with Crippen LogP contribution in [-0.2, 0) is 5.54 Å². The van der Waals surface area contributed by atoms with E-state index in [0.29, 0.717) is 17.9 Å². The van der Waals surface area contributed by atoms with Gasteiger partial charge in [0.2, 0.25) is 0 Å². The highest BCUT2D eigenvalue weighted by atomic mass is 16.5. The number of aromatic nitrogens is 1. The Kier molecular flexibility index (Phi) is 5.35. The van der Waals surface area contributed by atoms with E-state index in [9.17, 15) is 4.79 Å². The number of carbonyl (C=O) groups excluding carboxylic acids is 1. The van der Waals surface area contributed by atoms with Crippen LogP contribution >= 0.6 is 0 Å². The largest absolute Gasteiger partial charge is 0.497 e. The summed E-state index contributed by atoms with van der Waals surface area (Å²) in [5.41, 5.74) is 8.76. The highest BCUT2D eigenvalue weighted by Gasteiger charge is 2.47. The van der Waals surface area contributed by atoms with Crippen molar-refractivity contribution in [1.82, 2.24) is 10.3 Å². The molecule has 1 atom stereocenters. The lowest BCUT2D eigenvalue weighted by atomic mass is 9.97. The molecule has 1 fully saturated rings. The number of nitrogens with two attached hydrogens (primary N) is 1. The predicted molar refractivity (Wildman–Crippen MR) is 117 cm³/mol. The van der Waals surface area contributed by atoms with Gasteiger partial charge in [0.15, 0.2) is 0 Å². The molecule has 0 spiro atoms. The molecule has 0 radical (unpaired) electrons. The SMILES string of the molecule is COc1cc(C2(NC(=O)c3cc(OC[C@@H](C)N)ccc3C)CC2)c2cccnc2c1. The maximum absolute atomic E-state index is 13.2.